The first-order valence-corrected chi connectivity index (χ1v) is 5.68. The summed E-state index contributed by atoms with van der Waals surface area (Å²) in [4.78, 5) is 0. The molecule has 1 N–H and O–H groups in total. The molecule has 16 heavy (non-hydrogen) atoms. The Morgan fingerprint density at radius 1 is 1.44 bits per heavy atom. The Hall–Kier alpha value is -1.37. The van der Waals surface area contributed by atoms with Gasteiger partial charge in [0.05, 0.1) is 24.3 Å². The minimum Gasteiger partial charge on any atom is -0.371 e. The predicted octanol–water partition coefficient (Wildman–Crippen LogP) is 2.00. The molecule has 1 heterocycles. The maximum absolute atomic E-state index is 8.71. The summed E-state index contributed by atoms with van der Waals surface area (Å²) in [5, 5.41) is 12.2. The number of nitriles is 1. The van der Waals surface area contributed by atoms with Crippen molar-refractivity contribution in [1.82, 2.24) is 5.32 Å². The summed E-state index contributed by atoms with van der Waals surface area (Å²) in [7, 11) is 0. The largest absolute Gasteiger partial charge is 0.371 e. The Labute approximate surface area is 96.0 Å². The molecule has 0 amide bonds. The van der Waals surface area contributed by atoms with Crippen LogP contribution >= 0.6 is 0 Å². The number of benzene rings is 1. The predicted molar refractivity (Wildman–Crippen MR) is 61.9 cm³/mol. The number of nitrogens with one attached hydrogen (secondary N) is 1. The molecule has 0 radical (unpaired) electrons. The number of hydrogen-bond donors (Lipinski definition) is 1. The highest BCUT2D eigenvalue weighted by Gasteiger charge is 2.20. The van der Waals surface area contributed by atoms with Crippen molar-refractivity contribution in [1.29, 1.82) is 5.26 Å². The lowest BCUT2D eigenvalue weighted by Gasteiger charge is -2.30. The first kappa shape index (κ1) is 11.1. The van der Waals surface area contributed by atoms with Crippen molar-refractivity contribution in [2.24, 2.45) is 0 Å². The first-order chi connectivity index (χ1) is 7.83. The van der Waals surface area contributed by atoms with Gasteiger partial charge in [-0.3, -0.25) is 0 Å². The Morgan fingerprint density at radius 2 is 2.19 bits per heavy atom. The molecule has 3 heteroatoms. The van der Waals surface area contributed by atoms with Gasteiger partial charge in [-0.05, 0) is 24.1 Å². The van der Waals surface area contributed by atoms with Gasteiger partial charge in [-0.25, -0.2) is 0 Å². The number of morpholine rings is 1. The van der Waals surface area contributed by atoms with E-state index in [4.69, 9.17) is 10.00 Å². The zero-order chi connectivity index (χ0) is 11.4. The van der Waals surface area contributed by atoms with Crippen LogP contribution in [0.4, 0.5) is 0 Å². The summed E-state index contributed by atoms with van der Waals surface area (Å²) in [5.41, 5.74) is 1.83. The van der Waals surface area contributed by atoms with Crippen LogP contribution in [0.5, 0.6) is 0 Å². The molecular formula is C13H16N2O. The zero-order valence-electron chi connectivity index (χ0n) is 9.44. The molecular weight excluding hydrogens is 200 g/mol. The summed E-state index contributed by atoms with van der Waals surface area (Å²) >= 11 is 0. The van der Waals surface area contributed by atoms with Gasteiger partial charge in [0.1, 0.15) is 0 Å². The fraction of sp³-hybridized carbons (Fsp3) is 0.462. The molecule has 0 saturated carbocycles. The molecule has 0 spiro atoms. The third kappa shape index (κ3) is 2.41. The second kappa shape index (κ2) is 5.11. The standard InChI is InChI=1S/C13H16N2O/c1-2-12-9-16-13(8-15-12)11-5-3-10(7-14)4-6-11/h3-6,12-13,15H,2,8-9H2,1H3. The van der Waals surface area contributed by atoms with Crippen molar-refractivity contribution in [2.45, 2.75) is 25.5 Å². The van der Waals surface area contributed by atoms with Crippen LogP contribution in [0.15, 0.2) is 24.3 Å². The highest BCUT2D eigenvalue weighted by atomic mass is 16.5. The van der Waals surface area contributed by atoms with Gasteiger partial charge in [-0.2, -0.15) is 5.26 Å². The lowest BCUT2D eigenvalue weighted by atomic mass is 10.1. The van der Waals surface area contributed by atoms with Crippen LogP contribution in [0.25, 0.3) is 0 Å². The molecule has 2 rings (SSSR count). The summed E-state index contributed by atoms with van der Waals surface area (Å²) in [5.74, 6) is 0. The van der Waals surface area contributed by atoms with E-state index in [9.17, 15) is 0 Å². The molecule has 0 aromatic heterocycles. The van der Waals surface area contributed by atoms with Crippen molar-refractivity contribution in [3.8, 4) is 6.07 Å². The molecule has 3 nitrogen and oxygen atoms in total. The van der Waals surface area contributed by atoms with Crippen molar-refractivity contribution in [2.75, 3.05) is 13.2 Å². The average molecular weight is 216 g/mol. The van der Waals surface area contributed by atoms with Crippen molar-refractivity contribution in [3.05, 3.63) is 35.4 Å². The van der Waals surface area contributed by atoms with Gasteiger partial charge in [0.15, 0.2) is 0 Å². The Kier molecular flexibility index (Phi) is 3.55. The number of nitrogens with zero attached hydrogens (tertiary/aromatic N) is 1. The van der Waals surface area contributed by atoms with E-state index < -0.39 is 0 Å². The van der Waals surface area contributed by atoms with Crippen LogP contribution < -0.4 is 5.32 Å². The molecule has 1 fully saturated rings. The maximum atomic E-state index is 8.71. The van der Waals surface area contributed by atoms with Crippen molar-refractivity contribution < 1.29 is 4.74 Å². The third-order valence-corrected chi connectivity index (χ3v) is 2.99. The normalized spacial score (nSPS) is 25.0. The minimum atomic E-state index is 0.121. The SMILES string of the molecule is CCC1COC(c2ccc(C#N)cc2)CN1. The topological polar surface area (TPSA) is 45.0 Å². The summed E-state index contributed by atoms with van der Waals surface area (Å²) in [6.07, 6.45) is 1.22. The quantitative estimate of drug-likeness (QED) is 0.822. The molecule has 1 aliphatic rings. The van der Waals surface area contributed by atoms with Gasteiger partial charge in [-0.1, -0.05) is 19.1 Å². The molecule has 2 unspecified atom stereocenters. The van der Waals surface area contributed by atoms with E-state index >= 15 is 0 Å². The smallest absolute Gasteiger partial charge is 0.0991 e. The van der Waals surface area contributed by atoms with E-state index in [0.29, 0.717) is 11.6 Å². The van der Waals surface area contributed by atoms with Crippen LogP contribution in [-0.2, 0) is 4.74 Å². The van der Waals surface area contributed by atoms with E-state index in [-0.39, 0.29) is 6.10 Å². The fourth-order valence-corrected chi connectivity index (χ4v) is 1.87. The molecule has 84 valence electrons. The summed E-state index contributed by atoms with van der Waals surface area (Å²) < 4.78 is 5.80. The second-order valence-corrected chi connectivity index (χ2v) is 4.07. The Balaban J connectivity index is 2.00. The van der Waals surface area contributed by atoms with Crippen LogP contribution in [0.1, 0.15) is 30.6 Å². The second-order valence-electron chi connectivity index (χ2n) is 4.07. The molecule has 1 saturated heterocycles. The molecule has 2 atom stereocenters. The van der Waals surface area contributed by atoms with Crippen molar-refractivity contribution in [3.63, 3.8) is 0 Å². The molecule has 0 bridgehead atoms. The number of rotatable bonds is 2. The average Bonchev–Trinajstić information content (AvgIpc) is 2.39. The Morgan fingerprint density at radius 3 is 2.69 bits per heavy atom. The minimum absolute atomic E-state index is 0.121. The van der Waals surface area contributed by atoms with Gasteiger partial charge < -0.3 is 10.1 Å². The lowest BCUT2D eigenvalue weighted by Crippen LogP contribution is -2.42. The highest BCUT2D eigenvalue weighted by Crippen LogP contribution is 2.20. The highest BCUT2D eigenvalue weighted by molar-refractivity contribution is 5.32. The molecule has 1 aromatic carbocycles. The van der Waals surface area contributed by atoms with E-state index in [0.717, 1.165) is 25.1 Å². The van der Waals surface area contributed by atoms with Crippen LogP contribution in [0.2, 0.25) is 0 Å². The maximum Gasteiger partial charge on any atom is 0.0991 e. The molecule has 0 aliphatic carbocycles. The van der Waals surface area contributed by atoms with Crippen LogP contribution in [-0.4, -0.2) is 19.2 Å². The van der Waals surface area contributed by atoms with Gasteiger partial charge in [-0.15, -0.1) is 0 Å². The van der Waals surface area contributed by atoms with Crippen LogP contribution in [0.3, 0.4) is 0 Å². The number of ether oxygens (including phenoxy) is 1. The lowest BCUT2D eigenvalue weighted by molar-refractivity contribution is 0.00223. The monoisotopic (exact) mass is 216 g/mol. The van der Waals surface area contributed by atoms with E-state index in [1.165, 1.54) is 0 Å². The van der Waals surface area contributed by atoms with Crippen LogP contribution in [0, 0.1) is 11.3 Å². The van der Waals surface area contributed by atoms with E-state index in [2.05, 4.69) is 18.3 Å². The summed E-state index contributed by atoms with van der Waals surface area (Å²) in [6, 6.07) is 10.2. The van der Waals surface area contributed by atoms with E-state index in [1.807, 2.05) is 24.3 Å². The van der Waals surface area contributed by atoms with Crippen molar-refractivity contribution >= 4 is 0 Å². The Bertz CT molecular complexity index is 372. The van der Waals surface area contributed by atoms with Gasteiger partial charge >= 0.3 is 0 Å². The third-order valence-electron chi connectivity index (χ3n) is 2.99. The zero-order valence-corrected chi connectivity index (χ0v) is 9.44. The first-order valence-electron chi connectivity index (χ1n) is 5.68. The summed E-state index contributed by atoms with van der Waals surface area (Å²) in [6.45, 7) is 3.77. The fourth-order valence-electron chi connectivity index (χ4n) is 1.87. The molecule has 1 aliphatic heterocycles. The van der Waals surface area contributed by atoms with E-state index in [1.54, 1.807) is 0 Å². The van der Waals surface area contributed by atoms with Gasteiger partial charge in [0.25, 0.3) is 0 Å². The molecule has 1 aromatic rings. The van der Waals surface area contributed by atoms with Gasteiger partial charge in [0, 0.05) is 12.6 Å². The van der Waals surface area contributed by atoms with Gasteiger partial charge in [0.2, 0.25) is 0 Å². The number of hydrogen-bond acceptors (Lipinski definition) is 3.